The van der Waals surface area contributed by atoms with E-state index in [1.54, 1.807) is 18.2 Å². The number of amides is 1. The molecule has 0 spiro atoms. The summed E-state index contributed by atoms with van der Waals surface area (Å²) in [6.45, 7) is 0. The Morgan fingerprint density at radius 3 is 2.38 bits per heavy atom. The molecule has 2 rings (SSSR count). The fourth-order valence-electron chi connectivity index (χ4n) is 1.91. The molecule has 0 saturated carbocycles. The predicted molar refractivity (Wildman–Crippen MR) is 95.9 cm³/mol. The summed E-state index contributed by atoms with van der Waals surface area (Å²) >= 11 is 11.9. The van der Waals surface area contributed by atoms with Gasteiger partial charge in [0.25, 0.3) is 5.91 Å². The van der Waals surface area contributed by atoms with Crippen molar-refractivity contribution in [2.24, 2.45) is 0 Å². The van der Waals surface area contributed by atoms with Crippen molar-refractivity contribution in [1.82, 2.24) is 0 Å². The average Bonchev–Trinajstić information content (AvgIpc) is 2.48. The SMILES string of the molecule is COc1ccc(Cl)cc1NC(=O)c1ccc(NS(C)(=O)=O)c(Cl)c1. The van der Waals surface area contributed by atoms with Gasteiger partial charge >= 0.3 is 0 Å². The van der Waals surface area contributed by atoms with Gasteiger partial charge in [-0.25, -0.2) is 8.42 Å². The molecular formula is C15H14Cl2N2O4S. The fourth-order valence-corrected chi connectivity index (χ4v) is 2.94. The minimum atomic E-state index is -3.46. The van der Waals surface area contributed by atoms with Crippen LogP contribution in [0.3, 0.4) is 0 Å². The summed E-state index contributed by atoms with van der Waals surface area (Å²) in [5.74, 6) is 0.0117. The monoisotopic (exact) mass is 388 g/mol. The van der Waals surface area contributed by atoms with Crippen LogP contribution >= 0.6 is 23.2 Å². The molecule has 9 heteroatoms. The maximum absolute atomic E-state index is 12.3. The van der Waals surface area contributed by atoms with Crippen LogP contribution in [0.4, 0.5) is 11.4 Å². The van der Waals surface area contributed by atoms with Crippen molar-refractivity contribution < 1.29 is 17.9 Å². The highest BCUT2D eigenvalue weighted by atomic mass is 35.5. The first-order valence-corrected chi connectivity index (χ1v) is 9.26. The molecule has 0 unspecified atom stereocenters. The zero-order valence-electron chi connectivity index (χ0n) is 12.8. The molecule has 6 nitrogen and oxygen atoms in total. The Labute approximate surface area is 149 Å². The number of benzene rings is 2. The van der Waals surface area contributed by atoms with Gasteiger partial charge in [0.05, 0.1) is 29.8 Å². The number of anilines is 2. The van der Waals surface area contributed by atoms with E-state index in [4.69, 9.17) is 27.9 Å². The van der Waals surface area contributed by atoms with Gasteiger partial charge in [0.1, 0.15) is 5.75 Å². The number of hydrogen-bond acceptors (Lipinski definition) is 4. The highest BCUT2D eigenvalue weighted by Crippen LogP contribution is 2.29. The number of methoxy groups -OCH3 is 1. The highest BCUT2D eigenvalue weighted by molar-refractivity contribution is 7.92. The quantitative estimate of drug-likeness (QED) is 0.818. The normalized spacial score (nSPS) is 11.0. The van der Waals surface area contributed by atoms with E-state index in [9.17, 15) is 13.2 Å². The lowest BCUT2D eigenvalue weighted by Gasteiger charge is -2.12. The van der Waals surface area contributed by atoms with Gasteiger partial charge < -0.3 is 10.1 Å². The van der Waals surface area contributed by atoms with Crippen LogP contribution in [0, 0.1) is 0 Å². The third-order valence-electron chi connectivity index (χ3n) is 2.94. The number of rotatable bonds is 5. The van der Waals surface area contributed by atoms with Gasteiger partial charge in [-0.2, -0.15) is 0 Å². The molecule has 0 fully saturated rings. The van der Waals surface area contributed by atoms with Crippen LogP contribution in [-0.4, -0.2) is 27.7 Å². The number of ether oxygens (including phenoxy) is 1. The van der Waals surface area contributed by atoms with Gasteiger partial charge in [-0.1, -0.05) is 23.2 Å². The van der Waals surface area contributed by atoms with E-state index >= 15 is 0 Å². The molecule has 2 aromatic carbocycles. The van der Waals surface area contributed by atoms with E-state index in [0.717, 1.165) is 6.26 Å². The summed E-state index contributed by atoms with van der Waals surface area (Å²) in [6, 6.07) is 9.04. The predicted octanol–water partition coefficient (Wildman–Crippen LogP) is 3.63. The summed E-state index contributed by atoms with van der Waals surface area (Å²) < 4.78 is 29.9. The molecule has 0 saturated heterocycles. The molecule has 1 amide bonds. The molecule has 0 bridgehead atoms. The van der Waals surface area contributed by atoms with Gasteiger partial charge in [-0.05, 0) is 36.4 Å². The minimum Gasteiger partial charge on any atom is -0.495 e. The molecule has 0 aliphatic heterocycles. The maximum atomic E-state index is 12.3. The topological polar surface area (TPSA) is 84.5 Å². The van der Waals surface area contributed by atoms with Crippen LogP contribution < -0.4 is 14.8 Å². The second-order valence-corrected chi connectivity index (χ2v) is 7.46. The van der Waals surface area contributed by atoms with Gasteiger partial charge in [0, 0.05) is 10.6 Å². The van der Waals surface area contributed by atoms with Crippen molar-refractivity contribution in [3.05, 3.63) is 52.0 Å². The standard InChI is InChI=1S/C15H14Cl2N2O4S/c1-23-14-6-4-10(16)8-13(14)18-15(20)9-3-5-12(11(17)7-9)19-24(2,21)22/h3-8,19H,1-2H3,(H,18,20). The van der Waals surface area contributed by atoms with Crippen LogP contribution in [0.5, 0.6) is 5.75 Å². The zero-order valence-corrected chi connectivity index (χ0v) is 15.1. The maximum Gasteiger partial charge on any atom is 0.255 e. The number of carbonyl (C=O) groups is 1. The molecule has 0 heterocycles. The van der Waals surface area contributed by atoms with E-state index in [0.29, 0.717) is 16.5 Å². The van der Waals surface area contributed by atoms with Crippen LogP contribution in [0.15, 0.2) is 36.4 Å². The molecule has 2 N–H and O–H groups in total. The first kappa shape index (κ1) is 18.4. The van der Waals surface area contributed by atoms with Crippen molar-refractivity contribution in [1.29, 1.82) is 0 Å². The smallest absolute Gasteiger partial charge is 0.255 e. The Morgan fingerprint density at radius 1 is 1.08 bits per heavy atom. The number of sulfonamides is 1. The minimum absolute atomic E-state index is 0.103. The Kier molecular flexibility index (Phi) is 5.58. The van der Waals surface area contributed by atoms with E-state index in [1.165, 1.54) is 25.3 Å². The highest BCUT2D eigenvalue weighted by Gasteiger charge is 2.13. The van der Waals surface area contributed by atoms with E-state index in [2.05, 4.69) is 10.0 Å². The van der Waals surface area contributed by atoms with E-state index < -0.39 is 15.9 Å². The molecule has 2 aromatic rings. The Bertz CT molecular complexity index is 885. The summed E-state index contributed by atoms with van der Waals surface area (Å²) in [4.78, 5) is 12.3. The van der Waals surface area contributed by atoms with Crippen LogP contribution in [0.1, 0.15) is 10.4 Å². The Morgan fingerprint density at radius 2 is 1.79 bits per heavy atom. The first-order chi connectivity index (χ1) is 11.2. The van der Waals surface area contributed by atoms with Crippen molar-refractivity contribution in [3.63, 3.8) is 0 Å². The number of hydrogen-bond donors (Lipinski definition) is 2. The van der Waals surface area contributed by atoms with Gasteiger partial charge in [0.15, 0.2) is 0 Å². The molecule has 0 aliphatic rings. The second-order valence-electron chi connectivity index (χ2n) is 4.87. The summed E-state index contributed by atoms with van der Waals surface area (Å²) in [6.07, 6.45) is 1.01. The molecular weight excluding hydrogens is 375 g/mol. The van der Waals surface area contributed by atoms with Gasteiger partial charge in [-0.3, -0.25) is 9.52 Å². The van der Waals surface area contributed by atoms with Crippen LogP contribution in [-0.2, 0) is 10.0 Å². The lowest BCUT2D eigenvalue weighted by Crippen LogP contribution is -2.14. The number of carbonyl (C=O) groups excluding carboxylic acids is 1. The van der Waals surface area contributed by atoms with Gasteiger partial charge in [0.2, 0.25) is 10.0 Å². The van der Waals surface area contributed by atoms with Crippen molar-refractivity contribution >= 4 is 50.5 Å². The third kappa shape index (κ3) is 4.77. The van der Waals surface area contributed by atoms with Crippen molar-refractivity contribution in [2.45, 2.75) is 0 Å². The lowest BCUT2D eigenvalue weighted by molar-refractivity contribution is 0.102. The van der Waals surface area contributed by atoms with Crippen LogP contribution in [0.2, 0.25) is 10.0 Å². The number of halogens is 2. The first-order valence-electron chi connectivity index (χ1n) is 6.62. The molecule has 128 valence electrons. The van der Waals surface area contributed by atoms with Crippen molar-refractivity contribution in [3.8, 4) is 5.75 Å². The van der Waals surface area contributed by atoms with Gasteiger partial charge in [-0.15, -0.1) is 0 Å². The molecule has 0 aliphatic carbocycles. The largest absolute Gasteiger partial charge is 0.495 e. The zero-order chi connectivity index (χ0) is 17.9. The molecule has 0 atom stereocenters. The lowest BCUT2D eigenvalue weighted by atomic mass is 10.2. The van der Waals surface area contributed by atoms with Crippen molar-refractivity contribution in [2.75, 3.05) is 23.4 Å². The molecule has 0 aromatic heterocycles. The molecule has 0 radical (unpaired) electrons. The summed E-state index contributed by atoms with van der Waals surface area (Å²) in [5.41, 5.74) is 0.849. The second kappa shape index (κ2) is 7.29. The third-order valence-corrected chi connectivity index (χ3v) is 4.07. The number of nitrogens with one attached hydrogen (secondary N) is 2. The van der Waals surface area contributed by atoms with E-state index in [-0.39, 0.29) is 16.3 Å². The summed E-state index contributed by atoms with van der Waals surface area (Å²) in [5, 5.41) is 3.21. The Hall–Kier alpha value is -1.96. The Balaban J connectivity index is 2.25. The fraction of sp³-hybridized carbons (Fsp3) is 0.133. The summed E-state index contributed by atoms with van der Waals surface area (Å²) in [7, 11) is -1.99. The van der Waals surface area contributed by atoms with Crippen LogP contribution in [0.25, 0.3) is 0 Å². The average molecular weight is 389 g/mol. The molecule has 24 heavy (non-hydrogen) atoms. The van der Waals surface area contributed by atoms with E-state index in [1.807, 2.05) is 0 Å².